The summed E-state index contributed by atoms with van der Waals surface area (Å²) in [6.45, 7) is 10.5. The maximum absolute atomic E-state index is 4.60. The number of nitrogens with zero attached hydrogens (tertiary/aromatic N) is 2. The summed E-state index contributed by atoms with van der Waals surface area (Å²) in [4.78, 5) is 10.3. The number of para-hydroxylation sites is 2. The molecule has 0 spiro atoms. The van der Waals surface area contributed by atoms with E-state index in [2.05, 4.69) is 34.1 Å². The molecule has 1 aromatic heterocycles. The standard InChI is InChI=1S/C17H23N3.ClH/c1-3-12-20(13-4-2)14-8-7-11-17-18-15-9-5-6-10-16(15)19-17;/h3-6,9-10H,1-2,7-8,11-14H2,(H,18,19);1H. The Hall–Kier alpha value is -1.58. The number of benzene rings is 1. The Morgan fingerprint density at radius 2 is 1.81 bits per heavy atom. The zero-order valence-corrected chi connectivity index (χ0v) is 13.2. The zero-order valence-electron chi connectivity index (χ0n) is 12.4. The van der Waals surface area contributed by atoms with Crippen molar-refractivity contribution < 1.29 is 0 Å². The van der Waals surface area contributed by atoms with Gasteiger partial charge < -0.3 is 4.98 Å². The third-order valence-corrected chi connectivity index (χ3v) is 3.35. The van der Waals surface area contributed by atoms with E-state index in [1.165, 1.54) is 6.42 Å². The van der Waals surface area contributed by atoms with Crippen LogP contribution in [0.2, 0.25) is 0 Å². The van der Waals surface area contributed by atoms with E-state index in [0.29, 0.717) is 0 Å². The lowest BCUT2D eigenvalue weighted by Crippen LogP contribution is -2.25. The molecule has 0 saturated heterocycles. The zero-order chi connectivity index (χ0) is 14.2. The normalized spacial score (nSPS) is 10.5. The second-order valence-corrected chi connectivity index (χ2v) is 4.99. The Morgan fingerprint density at radius 1 is 1.10 bits per heavy atom. The van der Waals surface area contributed by atoms with E-state index in [1.807, 2.05) is 30.4 Å². The van der Waals surface area contributed by atoms with Gasteiger partial charge >= 0.3 is 0 Å². The van der Waals surface area contributed by atoms with E-state index in [9.17, 15) is 0 Å². The molecule has 0 saturated carbocycles. The summed E-state index contributed by atoms with van der Waals surface area (Å²) >= 11 is 0. The van der Waals surface area contributed by atoms with E-state index in [0.717, 1.165) is 49.3 Å². The van der Waals surface area contributed by atoms with Crippen molar-refractivity contribution in [2.45, 2.75) is 19.3 Å². The van der Waals surface area contributed by atoms with E-state index in [-0.39, 0.29) is 12.4 Å². The third kappa shape index (κ3) is 5.37. The van der Waals surface area contributed by atoms with Crippen LogP contribution >= 0.6 is 12.4 Å². The van der Waals surface area contributed by atoms with Crippen LogP contribution in [0.1, 0.15) is 18.7 Å². The quantitative estimate of drug-likeness (QED) is 0.561. The van der Waals surface area contributed by atoms with Gasteiger partial charge in [-0.25, -0.2) is 4.98 Å². The Morgan fingerprint density at radius 3 is 2.48 bits per heavy atom. The monoisotopic (exact) mass is 305 g/mol. The smallest absolute Gasteiger partial charge is 0.107 e. The molecule has 0 amide bonds. The van der Waals surface area contributed by atoms with E-state index >= 15 is 0 Å². The Kier molecular flexibility index (Phi) is 7.80. The minimum Gasteiger partial charge on any atom is -0.342 e. The van der Waals surface area contributed by atoms with Crippen molar-refractivity contribution in [1.82, 2.24) is 14.9 Å². The maximum atomic E-state index is 4.60. The number of aryl methyl sites for hydroxylation is 1. The van der Waals surface area contributed by atoms with Crippen molar-refractivity contribution in [2.75, 3.05) is 19.6 Å². The number of imidazole rings is 1. The minimum atomic E-state index is 0. The van der Waals surface area contributed by atoms with Gasteiger partial charge in [0.1, 0.15) is 5.82 Å². The molecular weight excluding hydrogens is 282 g/mol. The molecule has 1 heterocycles. The first-order valence-corrected chi connectivity index (χ1v) is 7.21. The first kappa shape index (κ1) is 17.5. The molecule has 0 radical (unpaired) electrons. The highest BCUT2D eigenvalue weighted by atomic mass is 35.5. The number of hydrogen-bond acceptors (Lipinski definition) is 2. The molecule has 0 aliphatic carbocycles. The lowest BCUT2D eigenvalue weighted by Gasteiger charge is -2.18. The second kappa shape index (κ2) is 9.37. The summed E-state index contributed by atoms with van der Waals surface area (Å²) in [6, 6.07) is 8.18. The molecule has 0 aliphatic rings. The molecule has 4 heteroatoms. The molecule has 3 nitrogen and oxygen atoms in total. The molecular formula is C17H24ClN3. The predicted molar refractivity (Wildman–Crippen MR) is 93.1 cm³/mol. The van der Waals surface area contributed by atoms with Crippen LogP contribution < -0.4 is 0 Å². The number of H-pyrrole nitrogens is 1. The van der Waals surface area contributed by atoms with Crippen LogP contribution in [0.3, 0.4) is 0 Å². The molecule has 2 rings (SSSR count). The highest BCUT2D eigenvalue weighted by molar-refractivity contribution is 5.85. The van der Waals surface area contributed by atoms with Gasteiger partial charge in [-0.05, 0) is 31.5 Å². The molecule has 1 N–H and O–H groups in total. The molecule has 0 aliphatic heterocycles. The van der Waals surface area contributed by atoms with Crippen LogP contribution in [0.15, 0.2) is 49.6 Å². The largest absolute Gasteiger partial charge is 0.342 e. The number of halogens is 1. The number of aromatic nitrogens is 2. The summed E-state index contributed by atoms with van der Waals surface area (Å²) in [6.07, 6.45) is 7.21. The van der Waals surface area contributed by atoms with Gasteiger partial charge in [0, 0.05) is 19.5 Å². The van der Waals surface area contributed by atoms with Gasteiger partial charge in [-0.3, -0.25) is 4.90 Å². The van der Waals surface area contributed by atoms with E-state index in [1.54, 1.807) is 0 Å². The molecule has 0 unspecified atom stereocenters. The van der Waals surface area contributed by atoms with Crippen LogP contribution in [-0.2, 0) is 6.42 Å². The number of unbranched alkanes of at least 4 members (excludes halogenated alkanes) is 1. The number of nitrogens with one attached hydrogen (secondary N) is 1. The van der Waals surface area contributed by atoms with Crippen molar-refractivity contribution in [2.24, 2.45) is 0 Å². The Balaban J connectivity index is 0.00000220. The summed E-state index contributed by atoms with van der Waals surface area (Å²) < 4.78 is 0. The Labute approximate surface area is 133 Å². The number of rotatable bonds is 9. The van der Waals surface area contributed by atoms with Crippen molar-refractivity contribution in [3.8, 4) is 0 Å². The van der Waals surface area contributed by atoms with Gasteiger partial charge in [0.15, 0.2) is 0 Å². The van der Waals surface area contributed by atoms with Gasteiger partial charge in [-0.15, -0.1) is 25.6 Å². The fourth-order valence-corrected chi connectivity index (χ4v) is 2.37. The SMILES string of the molecule is C=CCN(CC=C)CCCCc1nc2ccccc2[nH]1.Cl. The van der Waals surface area contributed by atoms with E-state index < -0.39 is 0 Å². The summed E-state index contributed by atoms with van der Waals surface area (Å²) in [5.41, 5.74) is 2.19. The fraction of sp³-hybridized carbons (Fsp3) is 0.353. The molecule has 1 aromatic carbocycles. The Bertz CT molecular complexity index is 519. The van der Waals surface area contributed by atoms with Crippen molar-refractivity contribution in [1.29, 1.82) is 0 Å². The van der Waals surface area contributed by atoms with Crippen LogP contribution in [0.5, 0.6) is 0 Å². The highest BCUT2D eigenvalue weighted by Crippen LogP contribution is 2.12. The average molecular weight is 306 g/mol. The van der Waals surface area contributed by atoms with Gasteiger partial charge in [-0.2, -0.15) is 0 Å². The van der Waals surface area contributed by atoms with Crippen LogP contribution in [-0.4, -0.2) is 34.5 Å². The second-order valence-electron chi connectivity index (χ2n) is 4.99. The lowest BCUT2D eigenvalue weighted by atomic mass is 10.2. The van der Waals surface area contributed by atoms with Gasteiger partial charge in [0.2, 0.25) is 0 Å². The van der Waals surface area contributed by atoms with Crippen molar-refractivity contribution in [3.63, 3.8) is 0 Å². The fourth-order valence-electron chi connectivity index (χ4n) is 2.37. The molecule has 0 atom stereocenters. The predicted octanol–water partition coefficient (Wildman–Crippen LogP) is 3.98. The average Bonchev–Trinajstić information content (AvgIpc) is 2.86. The maximum Gasteiger partial charge on any atom is 0.107 e. The lowest BCUT2D eigenvalue weighted by molar-refractivity contribution is 0.326. The molecule has 0 fully saturated rings. The topological polar surface area (TPSA) is 31.9 Å². The van der Waals surface area contributed by atoms with Gasteiger partial charge in [0.25, 0.3) is 0 Å². The van der Waals surface area contributed by atoms with Crippen molar-refractivity contribution >= 4 is 23.4 Å². The number of hydrogen-bond donors (Lipinski definition) is 1. The van der Waals surface area contributed by atoms with Crippen LogP contribution in [0.4, 0.5) is 0 Å². The van der Waals surface area contributed by atoms with Gasteiger partial charge in [-0.1, -0.05) is 24.3 Å². The number of fused-ring (bicyclic) bond motifs is 1. The minimum absolute atomic E-state index is 0. The highest BCUT2D eigenvalue weighted by Gasteiger charge is 2.03. The summed E-state index contributed by atoms with van der Waals surface area (Å²) in [5, 5.41) is 0. The molecule has 114 valence electrons. The summed E-state index contributed by atoms with van der Waals surface area (Å²) in [5.74, 6) is 1.09. The van der Waals surface area contributed by atoms with Gasteiger partial charge in [0.05, 0.1) is 11.0 Å². The number of aromatic amines is 1. The molecule has 0 bridgehead atoms. The van der Waals surface area contributed by atoms with E-state index in [4.69, 9.17) is 0 Å². The molecule has 2 aromatic rings. The first-order chi connectivity index (χ1) is 9.83. The summed E-state index contributed by atoms with van der Waals surface area (Å²) in [7, 11) is 0. The van der Waals surface area contributed by atoms with Crippen LogP contribution in [0, 0.1) is 0 Å². The molecule has 21 heavy (non-hydrogen) atoms. The first-order valence-electron chi connectivity index (χ1n) is 7.21. The van der Waals surface area contributed by atoms with Crippen LogP contribution in [0.25, 0.3) is 11.0 Å². The van der Waals surface area contributed by atoms with Crippen molar-refractivity contribution in [3.05, 3.63) is 55.4 Å². The third-order valence-electron chi connectivity index (χ3n) is 3.35.